The Kier molecular flexibility index (Phi) is 5.30. The van der Waals surface area contributed by atoms with Crippen molar-refractivity contribution in [3.8, 4) is 0 Å². The van der Waals surface area contributed by atoms with Gasteiger partial charge in [-0.05, 0) is 24.3 Å². The molecule has 3 rings (SSSR count). The lowest BCUT2D eigenvalue weighted by Gasteiger charge is -2.31. The van der Waals surface area contributed by atoms with Gasteiger partial charge in [-0.2, -0.15) is 0 Å². The third-order valence-electron chi connectivity index (χ3n) is 4.82. The molecule has 1 N–H and O–H groups in total. The summed E-state index contributed by atoms with van der Waals surface area (Å²) in [7, 11) is 1.77. The number of hydrogen-bond acceptors (Lipinski definition) is 5. The van der Waals surface area contributed by atoms with Gasteiger partial charge in [0.1, 0.15) is 4.83 Å². The number of aliphatic hydroxyl groups is 1. The molecular formula is C17H23N3O3S. The van der Waals surface area contributed by atoms with Crippen LogP contribution in [-0.2, 0) is 11.3 Å². The van der Waals surface area contributed by atoms with Gasteiger partial charge in [-0.25, -0.2) is 4.98 Å². The van der Waals surface area contributed by atoms with Crippen LogP contribution in [-0.4, -0.2) is 45.2 Å². The van der Waals surface area contributed by atoms with E-state index in [2.05, 4.69) is 4.98 Å². The van der Waals surface area contributed by atoms with Crippen molar-refractivity contribution in [2.24, 2.45) is 5.92 Å². The summed E-state index contributed by atoms with van der Waals surface area (Å²) in [6.45, 7) is 0.907. The third-order valence-corrected chi connectivity index (χ3v) is 5.64. The lowest BCUT2D eigenvalue weighted by atomic mass is 9.86. The molecule has 1 amide bonds. The van der Waals surface area contributed by atoms with E-state index in [-0.39, 0.29) is 29.9 Å². The van der Waals surface area contributed by atoms with Crippen LogP contribution in [0.3, 0.4) is 0 Å². The molecule has 2 unspecified atom stereocenters. The van der Waals surface area contributed by atoms with Gasteiger partial charge in [-0.15, -0.1) is 11.3 Å². The first kappa shape index (κ1) is 17.1. The molecule has 2 aromatic rings. The smallest absolute Gasteiger partial charge is 0.262 e. The minimum Gasteiger partial charge on any atom is -0.393 e. The molecule has 2 aromatic heterocycles. The lowest BCUT2D eigenvalue weighted by molar-refractivity contribution is -0.131. The second kappa shape index (κ2) is 7.44. The summed E-state index contributed by atoms with van der Waals surface area (Å²) in [5.74, 6) is 0.157. The molecule has 1 aliphatic carbocycles. The second-order valence-corrected chi connectivity index (χ2v) is 7.41. The standard InChI is InChI=1S/C17H23N3O3S/c1-19(10-12-4-2-3-5-14(12)21)15(22)6-8-20-11-18-16-13(17(20)23)7-9-24-16/h7,9,11-12,14,21H,2-6,8,10H2,1H3. The molecule has 0 bridgehead atoms. The SMILES string of the molecule is CN(CC1CCCCC1O)C(=O)CCn1cnc2sccc2c1=O. The Labute approximate surface area is 144 Å². The van der Waals surface area contributed by atoms with Gasteiger partial charge in [0.05, 0.1) is 17.8 Å². The Morgan fingerprint density at radius 2 is 2.25 bits per heavy atom. The van der Waals surface area contributed by atoms with Gasteiger partial charge in [-0.3, -0.25) is 14.2 Å². The number of fused-ring (bicyclic) bond motifs is 1. The van der Waals surface area contributed by atoms with E-state index in [1.54, 1.807) is 18.0 Å². The van der Waals surface area contributed by atoms with E-state index in [4.69, 9.17) is 0 Å². The Balaban J connectivity index is 1.57. The fourth-order valence-corrected chi connectivity index (χ4v) is 4.04. The molecule has 0 spiro atoms. The van der Waals surface area contributed by atoms with Crippen molar-refractivity contribution < 1.29 is 9.90 Å². The van der Waals surface area contributed by atoms with Gasteiger partial charge in [0.2, 0.25) is 5.91 Å². The number of aromatic nitrogens is 2. The Morgan fingerprint density at radius 1 is 1.46 bits per heavy atom. The number of carbonyl (C=O) groups is 1. The maximum Gasteiger partial charge on any atom is 0.262 e. The molecule has 0 aromatic carbocycles. The van der Waals surface area contributed by atoms with Gasteiger partial charge >= 0.3 is 0 Å². The number of nitrogens with zero attached hydrogens (tertiary/aromatic N) is 3. The molecule has 1 aliphatic rings. The number of amides is 1. The molecular weight excluding hydrogens is 326 g/mol. The summed E-state index contributed by atoms with van der Waals surface area (Å²) in [5.41, 5.74) is -0.0978. The fraction of sp³-hybridized carbons (Fsp3) is 0.588. The van der Waals surface area contributed by atoms with Crippen molar-refractivity contribution in [1.82, 2.24) is 14.5 Å². The van der Waals surface area contributed by atoms with E-state index in [0.717, 1.165) is 30.5 Å². The minimum atomic E-state index is -0.304. The fourth-order valence-electron chi connectivity index (χ4n) is 3.31. The third kappa shape index (κ3) is 3.67. The van der Waals surface area contributed by atoms with Crippen LogP contribution in [0.4, 0.5) is 0 Å². The monoisotopic (exact) mass is 349 g/mol. The van der Waals surface area contributed by atoms with Gasteiger partial charge in [0.25, 0.3) is 5.56 Å². The summed E-state index contributed by atoms with van der Waals surface area (Å²) in [6.07, 6.45) is 5.45. The molecule has 0 aliphatic heterocycles. The maximum absolute atomic E-state index is 12.3. The van der Waals surface area contributed by atoms with Crippen LogP contribution in [0.15, 0.2) is 22.6 Å². The van der Waals surface area contributed by atoms with Gasteiger partial charge in [0, 0.05) is 32.5 Å². The molecule has 6 nitrogen and oxygen atoms in total. The van der Waals surface area contributed by atoms with Crippen LogP contribution in [0.1, 0.15) is 32.1 Å². The summed E-state index contributed by atoms with van der Waals surface area (Å²) in [6, 6.07) is 1.77. The van der Waals surface area contributed by atoms with Gasteiger partial charge in [0.15, 0.2) is 0 Å². The van der Waals surface area contributed by atoms with Crippen LogP contribution < -0.4 is 5.56 Å². The number of hydrogen-bond donors (Lipinski definition) is 1. The average Bonchev–Trinajstić information content (AvgIpc) is 3.05. The van der Waals surface area contributed by atoms with Crippen molar-refractivity contribution in [2.75, 3.05) is 13.6 Å². The number of carbonyl (C=O) groups excluding carboxylic acids is 1. The number of rotatable bonds is 5. The van der Waals surface area contributed by atoms with Crippen molar-refractivity contribution >= 4 is 27.5 Å². The zero-order valence-electron chi connectivity index (χ0n) is 13.9. The predicted octanol–water partition coefficient (Wildman–Crippen LogP) is 1.86. The predicted molar refractivity (Wildman–Crippen MR) is 94.1 cm³/mol. The van der Waals surface area contributed by atoms with E-state index in [1.807, 2.05) is 5.38 Å². The molecule has 1 saturated carbocycles. The van der Waals surface area contributed by atoms with Crippen LogP contribution in [0.2, 0.25) is 0 Å². The Bertz CT molecular complexity index is 770. The molecule has 24 heavy (non-hydrogen) atoms. The van der Waals surface area contributed by atoms with Crippen LogP contribution in [0.5, 0.6) is 0 Å². The highest BCUT2D eigenvalue weighted by Gasteiger charge is 2.25. The van der Waals surface area contributed by atoms with Gasteiger partial charge in [-0.1, -0.05) is 12.8 Å². The van der Waals surface area contributed by atoms with E-state index in [9.17, 15) is 14.7 Å². The summed E-state index contributed by atoms with van der Waals surface area (Å²) < 4.78 is 1.50. The topological polar surface area (TPSA) is 75.4 Å². The van der Waals surface area contributed by atoms with Gasteiger partial charge < -0.3 is 10.0 Å². The maximum atomic E-state index is 12.3. The summed E-state index contributed by atoms with van der Waals surface area (Å²) >= 11 is 1.44. The first-order chi connectivity index (χ1) is 11.6. The first-order valence-corrected chi connectivity index (χ1v) is 9.29. The lowest BCUT2D eigenvalue weighted by Crippen LogP contribution is -2.38. The van der Waals surface area contributed by atoms with Crippen molar-refractivity contribution in [3.63, 3.8) is 0 Å². The first-order valence-electron chi connectivity index (χ1n) is 8.41. The zero-order chi connectivity index (χ0) is 17.1. The second-order valence-electron chi connectivity index (χ2n) is 6.52. The largest absolute Gasteiger partial charge is 0.393 e. The molecule has 0 radical (unpaired) electrons. The average molecular weight is 349 g/mol. The molecule has 0 saturated heterocycles. The molecule has 130 valence electrons. The van der Waals surface area contributed by atoms with Crippen molar-refractivity contribution in [3.05, 3.63) is 28.1 Å². The van der Waals surface area contributed by atoms with Crippen molar-refractivity contribution in [2.45, 2.75) is 44.8 Å². The number of aliphatic hydroxyl groups excluding tert-OH is 1. The molecule has 7 heteroatoms. The minimum absolute atomic E-state index is 0.00918. The highest BCUT2D eigenvalue weighted by atomic mass is 32.1. The van der Waals surface area contributed by atoms with E-state index in [1.165, 1.54) is 22.2 Å². The Hall–Kier alpha value is -1.73. The summed E-state index contributed by atoms with van der Waals surface area (Å²) in [5, 5.41) is 12.5. The number of aryl methyl sites for hydroxylation is 1. The highest BCUT2D eigenvalue weighted by Crippen LogP contribution is 2.25. The molecule has 2 atom stereocenters. The highest BCUT2D eigenvalue weighted by molar-refractivity contribution is 7.16. The van der Waals surface area contributed by atoms with E-state index in [0.29, 0.717) is 18.5 Å². The Morgan fingerprint density at radius 3 is 3.04 bits per heavy atom. The van der Waals surface area contributed by atoms with Crippen LogP contribution in [0.25, 0.3) is 10.2 Å². The van der Waals surface area contributed by atoms with Crippen molar-refractivity contribution in [1.29, 1.82) is 0 Å². The number of thiophene rings is 1. The van der Waals surface area contributed by atoms with E-state index >= 15 is 0 Å². The summed E-state index contributed by atoms with van der Waals surface area (Å²) in [4.78, 5) is 31.3. The molecule has 1 fully saturated rings. The van der Waals surface area contributed by atoms with Crippen LogP contribution in [0, 0.1) is 5.92 Å². The zero-order valence-corrected chi connectivity index (χ0v) is 14.7. The van der Waals surface area contributed by atoms with Crippen LogP contribution >= 0.6 is 11.3 Å². The molecule has 2 heterocycles. The quantitative estimate of drug-likeness (QED) is 0.894. The van der Waals surface area contributed by atoms with E-state index < -0.39 is 0 Å². The normalized spacial score (nSPS) is 21.1.